The highest BCUT2D eigenvalue weighted by atomic mass is 16.2. The van der Waals surface area contributed by atoms with Crippen LogP contribution >= 0.6 is 0 Å². The largest absolute Gasteiger partial charge is 0.349 e. The predicted molar refractivity (Wildman–Crippen MR) is 71.2 cm³/mol. The Hall–Kier alpha value is -2.09. The molecular weight excluding hydrogens is 248 g/mol. The fourth-order valence-electron chi connectivity index (χ4n) is 2.17. The van der Waals surface area contributed by atoms with Gasteiger partial charge in [0.05, 0.1) is 5.54 Å². The van der Waals surface area contributed by atoms with E-state index < -0.39 is 5.69 Å². The van der Waals surface area contributed by atoms with Gasteiger partial charge in [0.2, 0.25) is 5.95 Å². The maximum Gasteiger partial charge on any atom is 0.332 e. The summed E-state index contributed by atoms with van der Waals surface area (Å²) in [5, 5.41) is 3.21. The van der Waals surface area contributed by atoms with Crippen molar-refractivity contribution in [3.05, 3.63) is 20.8 Å². The van der Waals surface area contributed by atoms with Gasteiger partial charge in [-0.1, -0.05) is 0 Å². The number of rotatable bonds is 3. The Labute approximate surface area is 108 Å². The quantitative estimate of drug-likeness (QED) is 0.649. The summed E-state index contributed by atoms with van der Waals surface area (Å²) in [4.78, 5) is 31.0. The second-order valence-corrected chi connectivity index (χ2v) is 5.10. The average molecular weight is 264 g/mol. The lowest BCUT2D eigenvalue weighted by atomic mass is 10.3. The molecule has 3 rings (SSSR count). The highest BCUT2D eigenvalue weighted by Gasteiger charge is 2.42. The molecular formula is C11H16N6O2. The lowest BCUT2D eigenvalue weighted by Crippen LogP contribution is -2.36. The van der Waals surface area contributed by atoms with E-state index in [0.29, 0.717) is 23.7 Å². The van der Waals surface area contributed by atoms with E-state index in [-0.39, 0.29) is 11.1 Å². The van der Waals surface area contributed by atoms with E-state index >= 15 is 0 Å². The van der Waals surface area contributed by atoms with Crippen LogP contribution < -0.4 is 22.3 Å². The van der Waals surface area contributed by atoms with Crippen molar-refractivity contribution >= 4 is 17.1 Å². The molecule has 0 atom stereocenters. The minimum atomic E-state index is -0.393. The third-order valence-corrected chi connectivity index (χ3v) is 3.72. The van der Waals surface area contributed by atoms with Crippen molar-refractivity contribution in [3.8, 4) is 0 Å². The zero-order valence-electron chi connectivity index (χ0n) is 10.9. The van der Waals surface area contributed by atoms with Crippen LogP contribution in [0, 0.1) is 0 Å². The highest BCUT2D eigenvalue weighted by Crippen LogP contribution is 2.37. The van der Waals surface area contributed by atoms with E-state index in [2.05, 4.69) is 15.3 Å². The van der Waals surface area contributed by atoms with Gasteiger partial charge in [-0.05, 0) is 12.8 Å². The molecule has 0 saturated heterocycles. The number of aromatic nitrogens is 4. The molecule has 0 spiro atoms. The highest BCUT2D eigenvalue weighted by molar-refractivity contribution is 5.72. The van der Waals surface area contributed by atoms with Gasteiger partial charge in [0, 0.05) is 20.6 Å². The molecule has 8 heteroatoms. The third kappa shape index (κ3) is 1.67. The fraction of sp³-hybridized carbons (Fsp3) is 0.545. The molecule has 0 aromatic carbocycles. The van der Waals surface area contributed by atoms with Gasteiger partial charge in [-0.15, -0.1) is 0 Å². The van der Waals surface area contributed by atoms with Crippen molar-refractivity contribution in [1.29, 1.82) is 0 Å². The van der Waals surface area contributed by atoms with E-state index in [4.69, 9.17) is 5.73 Å². The summed E-state index contributed by atoms with van der Waals surface area (Å²) < 4.78 is 2.40. The van der Waals surface area contributed by atoms with Crippen molar-refractivity contribution in [2.24, 2.45) is 19.8 Å². The summed E-state index contributed by atoms with van der Waals surface area (Å²) in [6.07, 6.45) is 1.97. The average Bonchev–Trinajstić information content (AvgIpc) is 3.05. The summed E-state index contributed by atoms with van der Waals surface area (Å²) in [6.45, 7) is 0.515. The number of anilines is 1. The third-order valence-electron chi connectivity index (χ3n) is 3.72. The second kappa shape index (κ2) is 3.70. The second-order valence-electron chi connectivity index (χ2n) is 5.10. The topological polar surface area (TPSA) is 111 Å². The Bertz CT molecular complexity index is 764. The molecule has 0 bridgehead atoms. The van der Waals surface area contributed by atoms with Crippen LogP contribution in [0.1, 0.15) is 12.8 Å². The Morgan fingerprint density at radius 3 is 2.63 bits per heavy atom. The lowest BCUT2D eigenvalue weighted by molar-refractivity contribution is 0.708. The lowest BCUT2D eigenvalue weighted by Gasteiger charge is -2.12. The van der Waals surface area contributed by atoms with Crippen LogP contribution in [0.5, 0.6) is 0 Å². The number of imidazole rings is 1. The van der Waals surface area contributed by atoms with Crippen molar-refractivity contribution in [2.75, 3.05) is 11.9 Å². The molecule has 1 aliphatic rings. The van der Waals surface area contributed by atoms with Crippen molar-refractivity contribution < 1.29 is 0 Å². The van der Waals surface area contributed by atoms with Gasteiger partial charge in [-0.3, -0.25) is 13.9 Å². The van der Waals surface area contributed by atoms with Crippen molar-refractivity contribution in [1.82, 2.24) is 19.1 Å². The summed E-state index contributed by atoms with van der Waals surface area (Å²) in [5.74, 6) is 0.483. The first-order valence-electron chi connectivity index (χ1n) is 6.11. The van der Waals surface area contributed by atoms with Crippen LogP contribution in [-0.4, -0.2) is 31.2 Å². The molecule has 2 aromatic rings. The molecule has 2 aromatic heterocycles. The van der Waals surface area contributed by atoms with Crippen LogP contribution in [0.3, 0.4) is 0 Å². The molecule has 4 N–H and O–H groups in total. The molecule has 102 valence electrons. The van der Waals surface area contributed by atoms with Crippen molar-refractivity contribution in [3.63, 3.8) is 0 Å². The number of hydrogen-bond acceptors (Lipinski definition) is 5. The van der Waals surface area contributed by atoms with Crippen molar-refractivity contribution in [2.45, 2.75) is 18.4 Å². The van der Waals surface area contributed by atoms with E-state index in [0.717, 1.165) is 17.4 Å². The summed E-state index contributed by atoms with van der Waals surface area (Å²) >= 11 is 0. The maximum absolute atomic E-state index is 12.0. The van der Waals surface area contributed by atoms with Crippen LogP contribution in [0.15, 0.2) is 9.59 Å². The summed E-state index contributed by atoms with van der Waals surface area (Å²) in [6, 6.07) is 0. The van der Waals surface area contributed by atoms with Gasteiger partial charge in [-0.2, -0.15) is 4.98 Å². The van der Waals surface area contributed by atoms with Gasteiger partial charge in [0.15, 0.2) is 11.2 Å². The summed E-state index contributed by atoms with van der Waals surface area (Å²) in [7, 11) is 3.03. The standard InChI is InChI=1S/C11H16N6O2/c1-16-7-6(8(18)17(2)10(16)19)13-9(14-7)15-11(5-12)3-4-11/h3-5,12H2,1-2H3,(H2,13,14,15). The van der Waals surface area contributed by atoms with Gasteiger partial charge in [0.1, 0.15) is 0 Å². The molecule has 1 saturated carbocycles. The Kier molecular flexibility index (Phi) is 2.33. The number of aromatic amines is 1. The van der Waals surface area contributed by atoms with E-state index in [1.54, 1.807) is 7.05 Å². The molecule has 2 heterocycles. The first-order valence-corrected chi connectivity index (χ1v) is 6.11. The zero-order chi connectivity index (χ0) is 13.8. The van der Waals surface area contributed by atoms with Gasteiger partial charge >= 0.3 is 5.69 Å². The minimum absolute atomic E-state index is 0.113. The molecule has 19 heavy (non-hydrogen) atoms. The SMILES string of the molecule is Cn1c(=O)c2[nH]c(NC3(CN)CC3)nc2n(C)c1=O. The van der Waals surface area contributed by atoms with E-state index in [1.807, 2.05) is 0 Å². The van der Waals surface area contributed by atoms with Crippen LogP contribution in [-0.2, 0) is 14.1 Å². The summed E-state index contributed by atoms with van der Waals surface area (Å²) in [5.41, 5.74) is 5.48. The van der Waals surface area contributed by atoms with Gasteiger partial charge in [0.25, 0.3) is 5.56 Å². The molecule has 0 aliphatic heterocycles. The predicted octanol–water partition coefficient (Wildman–Crippen LogP) is -1.14. The van der Waals surface area contributed by atoms with E-state index in [1.165, 1.54) is 11.6 Å². The molecule has 0 amide bonds. The van der Waals surface area contributed by atoms with Crippen LogP contribution in [0.4, 0.5) is 5.95 Å². The number of aryl methyl sites for hydroxylation is 1. The van der Waals surface area contributed by atoms with Crippen LogP contribution in [0.2, 0.25) is 0 Å². The first-order chi connectivity index (χ1) is 8.97. The number of nitrogens with zero attached hydrogens (tertiary/aromatic N) is 3. The Morgan fingerprint density at radius 1 is 1.37 bits per heavy atom. The number of nitrogens with one attached hydrogen (secondary N) is 2. The van der Waals surface area contributed by atoms with Gasteiger partial charge in [-0.25, -0.2) is 4.79 Å². The molecule has 1 aliphatic carbocycles. The fourth-order valence-corrected chi connectivity index (χ4v) is 2.17. The smallest absolute Gasteiger partial charge is 0.332 e. The number of H-pyrrole nitrogens is 1. The normalized spacial score (nSPS) is 16.8. The van der Waals surface area contributed by atoms with Crippen LogP contribution in [0.25, 0.3) is 11.2 Å². The molecule has 0 radical (unpaired) electrons. The maximum atomic E-state index is 12.0. The monoisotopic (exact) mass is 264 g/mol. The Morgan fingerprint density at radius 2 is 2.05 bits per heavy atom. The molecule has 8 nitrogen and oxygen atoms in total. The molecule has 1 fully saturated rings. The minimum Gasteiger partial charge on any atom is -0.349 e. The zero-order valence-corrected chi connectivity index (χ0v) is 10.9. The Balaban J connectivity index is 2.16. The first kappa shape index (κ1) is 12.0. The van der Waals surface area contributed by atoms with E-state index in [9.17, 15) is 9.59 Å². The van der Waals surface area contributed by atoms with Gasteiger partial charge < -0.3 is 16.0 Å². The number of fused-ring (bicyclic) bond motifs is 1. The number of nitrogens with two attached hydrogens (primary N) is 1. The molecule has 0 unspecified atom stereocenters. The number of hydrogen-bond donors (Lipinski definition) is 3.